The van der Waals surface area contributed by atoms with Crippen LogP contribution in [-0.2, 0) is 0 Å². The lowest BCUT2D eigenvalue weighted by Gasteiger charge is -2.17. The molecule has 1 nitrogen and oxygen atoms in total. The number of allylic oxidation sites excluding steroid dienone is 6. The van der Waals surface area contributed by atoms with Gasteiger partial charge in [0.15, 0.2) is 0 Å². The lowest BCUT2D eigenvalue weighted by Crippen LogP contribution is -2.08. The van der Waals surface area contributed by atoms with Gasteiger partial charge in [-0.15, -0.1) is 0 Å². The van der Waals surface area contributed by atoms with E-state index in [-0.39, 0.29) is 0 Å². The van der Waals surface area contributed by atoms with Crippen LogP contribution in [0.15, 0.2) is 47.7 Å². The first-order chi connectivity index (χ1) is 6.95. The van der Waals surface area contributed by atoms with Crippen LogP contribution in [0.4, 0.5) is 0 Å². The topological polar surface area (TPSA) is 12.0 Å². The van der Waals surface area contributed by atoms with Crippen molar-refractivity contribution in [1.82, 2.24) is 5.32 Å². The zero-order chi connectivity index (χ0) is 12.0. The Balaban J connectivity index is 5.27. The summed E-state index contributed by atoms with van der Waals surface area (Å²) >= 11 is 0. The molecule has 0 unspecified atom stereocenters. The molecule has 0 spiro atoms. The highest BCUT2D eigenvalue weighted by molar-refractivity contribution is 5.48. The molecule has 0 fully saturated rings. The van der Waals surface area contributed by atoms with Gasteiger partial charge in [0.2, 0.25) is 0 Å². The van der Waals surface area contributed by atoms with E-state index in [2.05, 4.69) is 46.2 Å². The molecule has 0 atom stereocenters. The fraction of sp³-hybridized carbons (Fsp3) is 0.429. The van der Waals surface area contributed by atoms with Crippen LogP contribution in [0.2, 0.25) is 0 Å². The predicted molar refractivity (Wildman–Crippen MR) is 69.7 cm³/mol. The van der Waals surface area contributed by atoms with E-state index >= 15 is 0 Å². The van der Waals surface area contributed by atoms with Gasteiger partial charge in [-0.25, -0.2) is 0 Å². The summed E-state index contributed by atoms with van der Waals surface area (Å²) in [4.78, 5) is 0. The van der Waals surface area contributed by atoms with Crippen LogP contribution >= 0.6 is 0 Å². The molecule has 1 heteroatoms. The van der Waals surface area contributed by atoms with Gasteiger partial charge in [-0.05, 0) is 36.5 Å². The maximum atomic E-state index is 4.13. The van der Waals surface area contributed by atoms with E-state index in [1.807, 2.05) is 19.2 Å². The monoisotopic (exact) mass is 205 g/mol. The van der Waals surface area contributed by atoms with Crippen LogP contribution in [0.25, 0.3) is 0 Å². The third-order valence-electron chi connectivity index (χ3n) is 2.67. The van der Waals surface area contributed by atoms with E-state index in [9.17, 15) is 0 Å². The molecule has 0 saturated carbocycles. The highest BCUT2D eigenvalue weighted by Crippen LogP contribution is 2.25. The second-order valence-corrected chi connectivity index (χ2v) is 4.00. The zero-order valence-corrected chi connectivity index (χ0v) is 10.6. The van der Waals surface area contributed by atoms with Gasteiger partial charge in [-0.3, -0.25) is 0 Å². The van der Waals surface area contributed by atoms with E-state index in [1.165, 1.54) is 16.8 Å². The lowest BCUT2D eigenvalue weighted by molar-refractivity contribution is 0.781. The van der Waals surface area contributed by atoms with E-state index in [0.29, 0.717) is 5.92 Å². The Bertz CT molecular complexity index is 303. The van der Waals surface area contributed by atoms with E-state index in [4.69, 9.17) is 0 Å². The number of rotatable bonds is 5. The van der Waals surface area contributed by atoms with Crippen LogP contribution in [0, 0.1) is 5.92 Å². The number of hydrogen-bond donors (Lipinski definition) is 1. The van der Waals surface area contributed by atoms with E-state index in [0.717, 1.165) is 5.57 Å². The van der Waals surface area contributed by atoms with E-state index in [1.54, 1.807) is 0 Å². The van der Waals surface area contributed by atoms with Crippen LogP contribution < -0.4 is 5.32 Å². The molecule has 0 bridgehead atoms. The van der Waals surface area contributed by atoms with Gasteiger partial charge in [-0.2, -0.15) is 0 Å². The summed E-state index contributed by atoms with van der Waals surface area (Å²) in [5.41, 5.74) is 4.75. The van der Waals surface area contributed by atoms with Crippen molar-refractivity contribution in [2.75, 3.05) is 7.05 Å². The molecule has 1 N–H and O–H groups in total. The molecule has 0 aromatic rings. The molecule has 0 aliphatic heterocycles. The molecule has 0 aromatic carbocycles. The Hall–Kier alpha value is -1.24. The largest absolute Gasteiger partial charge is 0.391 e. The molecule has 0 aliphatic carbocycles. The molecule has 0 rings (SSSR count). The van der Waals surface area contributed by atoms with Crippen molar-refractivity contribution < 1.29 is 0 Å². The normalized spacial score (nSPS) is 13.6. The van der Waals surface area contributed by atoms with Crippen molar-refractivity contribution in [2.24, 2.45) is 5.92 Å². The van der Waals surface area contributed by atoms with Crippen molar-refractivity contribution in [1.29, 1.82) is 0 Å². The Labute approximate surface area is 94.3 Å². The molecule has 0 aromatic heterocycles. The highest BCUT2D eigenvalue weighted by atomic mass is 14.8. The summed E-state index contributed by atoms with van der Waals surface area (Å²) in [6.07, 6.45) is 3.84. The van der Waals surface area contributed by atoms with Gasteiger partial charge >= 0.3 is 0 Å². The van der Waals surface area contributed by atoms with Gasteiger partial charge in [0.25, 0.3) is 0 Å². The van der Waals surface area contributed by atoms with Gasteiger partial charge in [0, 0.05) is 12.7 Å². The molecule has 15 heavy (non-hydrogen) atoms. The van der Waals surface area contributed by atoms with E-state index < -0.39 is 0 Å². The van der Waals surface area contributed by atoms with Crippen LogP contribution in [0.3, 0.4) is 0 Å². The van der Waals surface area contributed by atoms with Crippen LogP contribution in [-0.4, -0.2) is 7.05 Å². The minimum Gasteiger partial charge on any atom is -0.391 e. The summed E-state index contributed by atoms with van der Waals surface area (Å²) in [6.45, 7) is 16.4. The molecule has 0 saturated heterocycles. The van der Waals surface area contributed by atoms with Gasteiger partial charge in [-0.1, -0.05) is 39.2 Å². The quantitative estimate of drug-likeness (QED) is 0.673. The second-order valence-electron chi connectivity index (χ2n) is 4.00. The average molecular weight is 205 g/mol. The van der Waals surface area contributed by atoms with Crippen molar-refractivity contribution in [3.8, 4) is 0 Å². The Morgan fingerprint density at radius 2 is 1.80 bits per heavy atom. The summed E-state index contributed by atoms with van der Waals surface area (Å²) < 4.78 is 0. The summed E-state index contributed by atoms with van der Waals surface area (Å²) in [6, 6.07) is 0. The molecule has 0 aliphatic rings. The van der Waals surface area contributed by atoms with Crippen molar-refractivity contribution in [3.05, 3.63) is 47.7 Å². The Morgan fingerprint density at radius 3 is 2.13 bits per heavy atom. The van der Waals surface area contributed by atoms with Gasteiger partial charge in [0.1, 0.15) is 0 Å². The molecule has 0 radical (unpaired) electrons. The maximum Gasteiger partial charge on any atom is 0.0108 e. The maximum absolute atomic E-state index is 4.13. The summed E-state index contributed by atoms with van der Waals surface area (Å²) in [7, 11) is 1.93. The first-order valence-corrected chi connectivity index (χ1v) is 5.33. The van der Waals surface area contributed by atoms with Crippen LogP contribution in [0.1, 0.15) is 27.7 Å². The minimum atomic E-state index is 0.454. The fourth-order valence-electron chi connectivity index (χ4n) is 1.29. The zero-order valence-electron chi connectivity index (χ0n) is 10.6. The molecular weight excluding hydrogens is 182 g/mol. The number of nitrogens with one attached hydrogen (secondary N) is 1. The van der Waals surface area contributed by atoms with Gasteiger partial charge < -0.3 is 5.32 Å². The second kappa shape index (κ2) is 6.28. The molecule has 0 amide bonds. The summed E-state index contributed by atoms with van der Waals surface area (Å²) in [5.74, 6) is 0.454. The summed E-state index contributed by atoms with van der Waals surface area (Å²) in [5, 5.41) is 3.16. The third kappa shape index (κ3) is 3.78. The standard InChI is InChI=1S/C14H23N/c1-8-9-14(11(4)10(2)3)12(5)13(6)15-7/h8-10,15H,1,4H2,2-3,5-7H3/b13-12+,14-9-. The average Bonchev–Trinajstić information content (AvgIpc) is 2.22. The minimum absolute atomic E-state index is 0.454. The Morgan fingerprint density at radius 1 is 1.27 bits per heavy atom. The van der Waals surface area contributed by atoms with Gasteiger partial charge in [0.05, 0.1) is 0 Å². The van der Waals surface area contributed by atoms with Crippen LogP contribution in [0.5, 0.6) is 0 Å². The first kappa shape index (κ1) is 13.8. The fourth-order valence-corrected chi connectivity index (χ4v) is 1.29. The predicted octanol–water partition coefficient (Wildman–Crippen LogP) is 3.82. The third-order valence-corrected chi connectivity index (χ3v) is 2.67. The van der Waals surface area contributed by atoms with Crippen molar-refractivity contribution in [2.45, 2.75) is 27.7 Å². The molecular formula is C14H23N. The molecule has 0 heterocycles. The van der Waals surface area contributed by atoms with Crippen molar-refractivity contribution >= 4 is 0 Å². The van der Waals surface area contributed by atoms with Crippen molar-refractivity contribution in [3.63, 3.8) is 0 Å². The first-order valence-electron chi connectivity index (χ1n) is 5.33. The number of hydrogen-bond acceptors (Lipinski definition) is 1. The lowest BCUT2D eigenvalue weighted by atomic mass is 9.91. The molecule has 84 valence electrons. The Kier molecular flexibility index (Phi) is 5.76. The smallest absolute Gasteiger partial charge is 0.0108 e. The highest BCUT2D eigenvalue weighted by Gasteiger charge is 2.09. The SMILES string of the molecule is C=C/C=C(C(=C)C(C)C)\C(C)=C(/C)NC.